The van der Waals surface area contributed by atoms with Gasteiger partial charge in [0.05, 0.1) is 0 Å². The summed E-state index contributed by atoms with van der Waals surface area (Å²) in [5.74, 6) is -0.418. The van der Waals surface area contributed by atoms with Crippen LogP contribution in [0.15, 0.2) is 23.6 Å². The Balaban J connectivity index is 1.76. The van der Waals surface area contributed by atoms with Crippen LogP contribution in [-0.2, 0) is 9.59 Å². The molecule has 0 aliphatic heterocycles. The number of anilines is 2. The highest BCUT2D eigenvalue weighted by molar-refractivity contribution is 7.14. The lowest BCUT2D eigenvalue weighted by Gasteiger charge is -2.06. The molecular formula is C15H17N5O3S. The van der Waals surface area contributed by atoms with E-state index in [9.17, 15) is 14.4 Å². The average molecular weight is 347 g/mol. The first-order valence-corrected chi connectivity index (χ1v) is 8.07. The summed E-state index contributed by atoms with van der Waals surface area (Å²) in [6.45, 7) is 3.37. The third kappa shape index (κ3) is 5.43. The Hall–Kier alpha value is -2.81. The molecule has 2 heterocycles. The monoisotopic (exact) mass is 347 g/mol. The van der Waals surface area contributed by atoms with Crippen LogP contribution in [0.25, 0.3) is 0 Å². The zero-order valence-corrected chi connectivity index (χ0v) is 14.1. The first kappa shape index (κ1) is 17.5. The van der Waals surface area contributed by atoms with Crippen LogP contribution in [0, 0.1) is 6.92 Å². The van der Waals surface area contributed by atoms with Gasteiger partial charge in [0.1, 0.15) is 11.5 Å². The highest BCUT2D eigenvalue weighted by Gasteiger charge is 2.12. The van der Waals surface area contributed by atoms with E-state index in [1.807, 2.05) is 13.0 Å². The molecule has 0 saturated heterocycles. The molecule has 0 fully saturated rings. The number of aryl methyl sites for hydroxylation is 1. The zero-order valence-electron chi connectivity index (χ0n) is 13.3. The van der Waals surface area contributed by atoms with Gasteiger partial charge in [-0.3, -0.25) is 14.4 Å². The van der Waals surface area contributed by atoms with Crippen LogP contribution in [0.4, 0.5) is 10.9 Å². The van der Waals surface area contributed by atoms with E-state index in [0.29, 0.717) is 10.9 Å². The fourth-order valence-corrected chi connectivity index (χ4v) is 2.52. The molecule has 0 saturated carbocycles. The molecule has 3 amide bonds. The molecule has 2 rings (SSSR count). The Morgan fingerprint density at radius 1 is 1.17 bits per heavy atom. The van der Waals surface area contributed by atoms with Gasteiger partial charge in [-0.25, -0.2) is 9.97 Å². The van der Waals surface area contributed by atoms with E-state index in [2.05, 4.69) is 25.9 Å². The summed E-state index contributed by atoms with van der Waals surface area (Å²) < 4.78 is 0. The van der Waals surface area contributed by atoms with E-state index in [1.54, 1.807) is 12.1 Å². The molecule has 0 aliphatic rings. The Morgan fingerprint density at radius 2 is 1.96 bits per heavy atom. The molecule has 24 heavy (non-hydrogen) atoms. The van der Waals surface area contributed by atoms with Crippen molar-refractivity contribution in [1.29, 1.82) is 0 Å². The lowest BCUT2D eigenvalue weighted by Crippen LogP contribution is -2.28. The number of carbonyl (C=O) groups is 3. The van der Waals surface area contributed by atoms with Gasteiger partial charge in [0.15, 0.2) is 5.13 Å². The quantitative estimate of drug-likeness (QED) is 0.734. The van der Waals surface area contributed by atoms with Crippen molar-refractivity contribution >= 4 is 40.0 Å². The van der Waals surface area contributed by atoms with Gasteiger partial charge in [-0.1, -0.05) is 6.07 Å². The second kappa shape index (κ2) is 8.16. The molecule has 0 spiro atoms. The van der Waals surface area contributed by atoms with E-state index >= 15 is 0 Å². The van der Waals surface area contributed by atoms with E-state index in [1.165, 1.54) is 12.3 Å². The zero-order chi connectivity index (χ0) is 17.5. The van der Waals surface area contributed by atoms with Gasteiger partial charge in [0.2, 0.25) is 11.8 Å². The molecule has 126 valence electrons. The van der Waals surface area contributed by atoms with E-state index < -0.39 is 5.91 Å². The number of hydrogen-bond donors (Lipinski definition) is 3. The summed E-state index contributed by atoms with van der Waals surface area (Å²) in [5.41, 5.74) is 1.00. The molecule has 2 aromatic heterocycles. The lowest BCUT2D eigenvalue weighted by atomic mass is 10.3. The Bertz CT molecular complexity index is 759. The Morgan fingerprint density at radius 3 is 2.67 bits per heavy atom. The third-order valence-corrected chi connectivity index (χ3v) is 3.57. The van der Waals surface area contributed by atoms with E-state index in [-0.39, 0.29) is 30.5 Å². The first-order chi connectivity index (χ1) is 11.4. The maximum Gasteiger partial charge on any atom is 0.270 e. The maximum absolute atomic E-state index is 11.9. The normalized spacial score (nSPS) is 10.1. The first-order valence-electron chi connectivity index (χ1n) is 7.19. The summed E-state index contributed by atoms with van der Waals surface area (Å²) in [6, 6.07) is 5.33. The van der Waals surface area contributed by atoms with Crippen LogP contribution >= 0.6 is 11.3 Å². The number of amides is 3. The van der Waals surface area contributed by atoms with Crippen LogP contribution in [0.2, 0.25) is 0 Å². The number of nitrogens with zero attached hydrogens (tertiary/aromatic N) is 2. The number of nitrogens with one attached hydrogen (secondary N) is 3. The van der Waals surface area contributed by atoms with Gasteiger partial charge >= 0.3 is 0 Å². The fraction of sp³-hybridized carbons (Fsp3) is 0.267. The Labute approximate surface area is 142 Å². The molecule has 0 bridgehead atoms. The van der Waals surface area contributed by atoms with Crippen molar-refractivity contribution < 1.29 is 14.4 Å². The minimum Gasteiger partial charge on any atom is -0.350 e. The highest BCUT2D eigenvalue weighted by Crippen LogP contribution is 2.15. The predicted octanol–water partition coefficient (Wildman–Crippen LogP) is 1.56. The molecule has 3 N–H and O–H groups in total. The van der Waals surface area contributed by atoms with Crippen molar-refractivity contribution in [3.05, 3.63) is 35.0 Å². The van der Waals surface area contributed by atoms with Crippen LogP contribution in [-0.4, -0.2) is 34.2 Å². The molecule has 8 nitrogen and oxygen atoms in total. The molecule has 0 aromatic carbocycles. The number of rotatable bonds is 6. The number of thiazole rings is 1. The van der Waals surface area contributed by atoms with Crippen LogP contribution in [0.5, 0.6) is 0 Å². The third-order valence-electron chi connectivity index (χ3n) is 2.81. The van der Waals surface area contributed by atoms with Crippen molar-refractivity contribution in [2.75, 3.05) is 17.2 Å². The van der Waals surface area contributed by atoms with Crippen LogP contribution in [0.1, 0.15) is 29.5 Å². The second-order valence-corrected chi connectivity index (χ2v) is 5.80. The second-order valence-electron chi connectivity index (χ2n) is 4.94. The summed E-state index contributed by atoms with van der Waals surface area (Å²) in [5, 5.41) is 9.66. The summed E-state index contributed by atoms with van der Waals surface area (Å²) in [6.07, 6.45) is 0.115. The molecule has 0 atom stereocenters. The van der Waals surface area contributed by atoms with Crippen LogP contribution < -0.4 is 16.0 Å². The minimum atomic E-state index is -0.399. The average Bonchev–Trinajstić information content (AvgIpc) is 2.95. The van der Waals surface area contributed by atoms with Crippen molar-refractivity contribution in [2.24, 2.45) is 0 Å². The van der Waals surface area contributed by atoms with E-state index in [4.69, 9.17) is 0 Å². The van der Waals surface area contributed by atoms with Crippen molar-refractivity contribution in [3.63, 3.8) is 0 Å². The minimum absolute atomic E-state index is 0.115. The molecule has 0 radical (unpaired) electrons. The van der Waals surface area contributed by atoms with Gasteiger partial charge in [0.25, 0.3) is 5.91 Å². The largest absolute Gasteiger partial charge is 0.350 e. The number of carbonyl (C=O) groups excluding carboxylic acids is 3. The van der Waals surface area contributed by atoms with Crippen molar-refractivity contribution in [3.8, 4) is 0 Å². The number of aromatic nitrogens is 2. The number of pyridine rings is 1. The number of hydrogen-bond acceptors (Lipinski definition) is 6. The smallest absolute Gasteiger partial charge is 0.270 e. The van der Waals surface area contributed by atoms with Gasteiger partial charge in [-0.05, 0) is 19.1 Å². The molecule has 0 aliphatic carbocycles. The molecule has 2 aromatic rings. The van der Waals surface area contributed by atoms with Crippen LogP contribution in [0.3, 0.4) is 0 Å². The topological polar surface area (TPSA) is 113 Å². The van der Waals surface area contributed by atoms with Gasteiger partial charge in [-0.15, -0.1) is 11.3 Å². The van der Waals surface area contributed by atoms with Gasteiger partial charge in [0, 0.05) is 31.0 Å². The summed E-state index contributed by atoms with van der Waals surface area (Å²) in [4.78, 5) is 42.8. The summed E-state index contributed by atoms with van der Waals surface area (Å²) in [7, 11) is 0. The standard InChI is InChI=1S/C15H17N5O3S/c1-9-4-3-5-12(17-9)20-13(22)6-7-16-14(23)11-8-24-15(19-11)18-10(2)21/h3-5,8H,6-7H2,1-2H3,(H,16,23)(H,17,20,22)(H,18,19,21). The fourth-order valence-electron chi connectivity index (χ4n) is 1.78. The SMILES string of the molecule is CC(=O)Nc1nc(C(=O)NCCC(=O)Nc2cccc(C)n2)cs1. The van der Waals surface area contributed by atoms with E-state index in [0.717, 1.165) is 17.0 Å². The predicted molar refractivity (Wildman–Crippen MR) is 91.0 cm³/mol. The molecule has 9 heteroatoms. The van der Waals surface area contributed by atoms with Gasteiger partial charge < -0.3 is 16.0 Å². The molecular weight excluding hydrogens is 330 g/mol. The highest BCUT2D eigenvalue weighted by atomic mass is 32.1. The van der Waals surface area contributed by atoms with Crippen molar-refractivity contribution in [1.82, 2.24) is 15.3 Å². The van der Waals surface area contributed by atoms with Crippen molar-refractivity contribution in [2.45, 2.75) is 20.3 Å². The maximum atomic E-state index is 11.9. The van der Waals surface area contributed by atoms with Gasteiger partial charge in [-0.2, -0.15) is 0 Å². The lowest BCUT2D eigenvalue weighted by molar-refractivity contribution is -0.116. The Kier molecular flexibility index (Phi) is 5.96. The summed E-state index contributed by atoms with van der Waals surface area (Å²) >= 11 is 1.16. The molecule has 0 unspecified atom stereocenters.